The molecule has 3 unspecified atom stereocenters. The third-order valence-electron chi connectivity index (χ3n) is 12.7. The Morgan fingerprint density at radius 3 is 1.08 bits per heavy atom. The van der Waals surface area contributed by atoms with Crippen LogP contribution in [0.5, 0.6) is 23.0 Å². The minimum Gasteiger partial charge on any atom is -0.490 e. The standard InChI is InChI=1S/C56H35F31O8/c1-3-37(88)93-33-18-10-29(11-19-33)47(52(73,74)75,53(76,77)78)27-6-14-31(15-7-27)91-26-35(92-32-16-8-28(9-17-32)48(54(79,80)81,55(82,83)84)30-12-20-34(21-13-30)94-38(89)4-2)25-90-23-5-22-46(66,51(70,71)72)95-49(67,50(68,69)56(85,86)87)45(65)44(64)43(63)42(62)41(61)40(60)39(59)36(58)24-57/h3-4,6-21,35H,1-2,5,22-26H2/b39-36+,41-40+,43-42+,45-44+. The smallest absolute Gasteiger partial charge is 0.460 e. The van der Waals surface area contributed by atoms with E-state index in [2.05, 4.69) is 27.4 Å². The van der Waals surface area contributed by atoms with E-state index in [0.717, 1.165) is 0 Å². The van der Waals surface area contributed by atoms with Crippen LogP contribution in [0.1, 0.15) is 35.1 Å². The minimum atomic E-state index is -8.15. The summed E-state index contributed by atoms with van der Waals surface area (Å²) in [7, 11) is 0. The highest BCUT2D eigenvalue weighted by atomic mass is 19.4. The zero-order valence-electron chi connectivity index (χ0n) is 46.1. The van der Waals surface area contributed by atoms with Crippen LogP contribution in [-0.2, 0) is 29.9 Å². The molecule has 0 aliphatic heterocycles. The van der Waals surface area contributed by atoms with Gasteiger partial charge >= 0.3 is 66.6 Å². The molecule has 3 atom stereocenters. The second-order valence-corrected chi connectivity index (χ2v) is 18.8. The van der Waals surface area contributed by atoms with Gasteiger partial charge in [0.25, 0.3) is 0 Å². The molecule has 0 aromatic heterocycles. The second kappa shape index (κ2) is 29.3. The monoisotopic (exact) mass is 1420 g/mol. The number of allylic oxidation sites excluding steroid dienone is 7. The van der Waals surface area contributed by atoms with E-state index >= 15 is 13.2 Å². The number of alkyl halides is 23. The van der Waals surface area contributed by atoms with Crippen LogP contribution in [0, 0.1) is 0 Å². The van der Waals surface area contributed by atoms with Crippen LogP contribution < -0.4 is 18.9 Å². The summed E-state index contributed by atoms with van der Waals surface area (Å²) in [4.78, 5) is 23.1. The van der Waals surface area contributed by atoms with E-state index < -0.39 is 215 Å². The SMILES string of the molecule is C=CC(=O)Oc1ccc(C(c2ccc(OCC(COCCCC(F)(OC(F)(/C(F)=C(F)/C(F)=C(F)/C(F)=C(F)/C(F)=C(\F)CF)C(F)(F)C(F)(F)F)C(F)(F)F)Oc3ccc(C(c4ccc(OC(=O)C=C)cc4)(C(F)(F)F)C(F)(F)F)cc3)cc2)(C(F)(F)F)C(F)(F)F)cc1. The Labute approximate surface area is 510 Å². The van der Waals surface area contributed by atoms with E-state index in [9.17, 15) is 133 Å². The van der Waals surface area contributed by atoms with Crippen molar-refractivity contribution < 1.29 is 174 Å². The van der Waals surface area contributed by atoms with Crippen molar-refractivity contribution in [3.63, 3.8) is 0 Å². The van der Waals surface area contributed by atoms with Gasteiger partial charge in [0.1, 0.15) is 36.3 Å². The van der Waals surface area contributed by atoms with Crippen LogP contribution in [0.25, 0.3) is 0 Å². The Bertz CT molecular complexity index is 3460. The van der Waals surface area contributed by atoms with E-state index in [-0.39, 0.29) is 48.5 Å². The molecule has 0 N–H and O–H groups in total. The van der Waals surface area contributed by atoms with Gasteiger partial charge < -0.3 is 23.7 Å². The first-order valence-corrected chi connectivity index (χ1v) is 25.0. The van der Waals surface area contributed by atoms with Gasteiger partial charge in [0, 0.05) is 25.2 Å². The number of carbonyl (C=O) groups excluding carboxylic acids is 2. The fraction of sp³-hybridized carbons (Fsp3) is 0.321. The molecule has 0 spiro atoms. The fourth-order valence-electron chi connectivity index (χ4n) is 8.23. The molecule has 0 amide bonds. The van der Waals surface area contributed by atoms with Gasteiger partial charge in [0.15, 0.2) is 29.4 Å². The van der Waals surface area contributed by atoms with Gasteiger partial charge in [-0.05, 0) is 77.2 Å². The topological polar surface area (TPSA) is 89.5 Å². The molecule has 0 saturated carbocycles. The lowest BCUT2D eigenvalue weighted by molar-refractivity contribution is -0.442. The summed E-state index contributed by atoms with van der Waals surface area (Å²) in [6.07, 6.45) is -46.5. The number of carbonyl (C=O) groups is 2. The van der Waals surface area contributed by atoms with E-state index in [1.54, 1.807) is 0 Å². The molecular formula is C56H35F31O8. The largest absolute Gasteiger partial charge is 0.490 e. The average Bonchev–Trinajstić information content (AvgIpc) is 0.734. The van der Waals surface area contributed by atoms with Crippen molar-refractivity contribution in [2.24, 2.45) is 0 Å². The Kier molecular flexibility index (Phi) is 24.4. The molecular weight excluding hydrogens is 1390 g/mol. The van der Waals surface area contributed by atoms with Crippen molar-refractivity contribution in [3.8, 4) is 23.0 Å². The highest BCUT2D eigenvalue weighted by Gasteiger charge is 2.79. The van der Waals surface area contributed by atoms with Crippen LogP contribution in [0.2, 0.25) is 0 Å². The van der Waals surface area contributed by atoms with Crippen molar-refractivity contribution in [1.82, 2.24) is 0 Å². The normalized spacial score (nSPS) is 16.0. The van der Waals surface area contributed by atoms with Crippen molar-refractivity contribution >= 4 is 11.9 Å². The molecule has 0 fully saturated rings. The molecule has 4 aromatic rings. The summed E-state index contributed by atoms with van der Waals surface area (Å²) in [6.45, 7) is -1.05. The van der Waals surface area contributed by atoms with Gasteiger partial charge in [-0.15, -0.1) is 0 Å². The van der Waals surface area contributed by atoms with E-state index in [1.807, 2.05) is 0 Å². The summed E-state index contributed by atoms with van der Waals surface area (Å²) >= 11 is 0. The van der Waals surface area contributed by atoms with Crippen LogP contribution in [0.4, 0.5) is 136 Å². The number of ether oxygens (including phenoxy) is 6. The molecule has 4 rings (SSSR count). The maximum atomic E-state index is 15.7. The number of rotatable bonds is 27. The molecule has 0 bridgehead atoms. The summed E-state index contributed by atoms with van der Waals surface area (Å²) in [5.41, 5.74) is -16.4. The summed E-state index contributed by atoms with van der Waals surface area (Å²) in [5.74, 6) is -60.6. The predicted octanol–water partition coefficient (Wildman–Crippen LogP) is 19.0. The molecule has 0 aliphatic rings. The quantitative estimate of drug-likeness (QED) is 0.0146. The van der Waals surface area contributed by atoms with Crippen molar-refractivity contribution in [1.29, 1.82) is 0 Å². The molecule has 0 radical (unpaired) electrons. The third-order valence-corrected chi connectivity index (χ3v) is 12.7. The number of esters is 2. The van der Waals surface area contributed by atoms with Crippen molar-refractivity contribution in [2.45, 2.75) is 84.5 Å². The molecule has 0 saturated heterocycles. The maximum absolute atomic E-state index is 15.7. The lowest BCUT2D eigenvalue weighted by Crippen LogP contribution is -2.61. The van der Waals surface area contributed by atoms with Crippen molar-refractivity contribution in [3.05, 3.63) is 191 Å². The molecule has 4 aromatic carbocycles. The highest BCUT2D eigenvalue weighted by molar-refractivity contribution is 5.83. The molecule has 8 nitrogen and oxygen atoms in total. The molecule has 95 heavy (non-hydrogen) atoms. The zero-order valence-corrected chi connectivity index (χ0v) is 46.1. The molecule has 524 valence electrons. The first-order valence-electron chi connectivity index (χ1n) is 25.0. The van der Waals surface area contributed by atoms with Crippen LogP contribution in [0.3, 0.4) is 0 Å². The highest BCUT2D eigenvalue weighted by Crippen LogP contribution is 2.60. The Hall–Kier alpha value is -8.39. The van der Waals surface area contributed by atoms with Gasteiger partial charge in [0.05, 0.1) is 6.61 Å². The lowest BCUT2D eigenvalue weighted by atomic mass is 9.73. The third kappa shape index (κ3) is 16.5. The number of halogens is 31. The zero-order chi connectivity index (χ0) is 72.7. The first kappa shape index (κ1) is 79.1. The van der Waals surface area contributed by atoms with Gasteiger partial charge in [-0.25, -0.2) is 53.5 Å². The number of hydrogen-bond donors (Lipinski definition) is 0. The van der Waals surface area contributed by atoms with E-state index in [0.29, 0.717) is 60.7 Å². The van der Waals surface area contributed by atoms with Crippen LogP contribution >= 0.6 is 0 Å². The maximum Gasteiger partial charge on any atom is 0.460 e. The summed E-state index contributed by atoms with van der Waals surface area (Å²) in [5, 5.41) is 0. The van der Waals surface area contributed by atoms with E-state index in [4.69, 9.17) is 14.2 Å². The second-order valence-electron chi connectivity index (χ2n) is 18.8. The molecule has 39 heteroatoms. The number of hydrogen-bond acceptors (Lipinski definition) is 8. The summed E-state index contributed by atoms with van der Waals surface area (Å²) in [6, 6.07) is 5.06. The predicted molar refractivity (Wildman–Crippen MR) is 262 cm³/mol. The van der Waals surface area contributed by atoms with Gasteiger partial charge in [-0.2, -0.15) is 92.2 Å². The number of benzene rings is 4. The Morgan fingerprint density at radius 1 is 0.421 bits per heavy atom. The Balaban J connectivity index is 1.81. The van der Waals surface area contributed by atoms with E-state index in [1.165, 1.54) is 0 Å². The van der Waals surface area contributed by atoms with Gasteiger partial charge in [-0.3, -0.25) is 4.74 Å². The van der Waals surface area contributed by atoms with Gasteiger partial charge in [0.2, 0.25) is 34.1 Å². The average molecular weight is 1420 g/mol. The summed E-state index contributed by atoms with van der Waals surface area (Å²) < 4.78 is 475. The van der Waals surface area contributed by atoms with Gasteiger partial charge in [-0.1, -0.05) is 61.7 Å². The lowest BCUT2D eigenvalue weighted by Gasteiger charge is -2.38. The van der Waals surface area contributed by atoms with Crippen molar-refractivity contribution in [2.75, 3.05) is 26.5 Å². The fourth-order valence-corrected chi connectivity index (χ4v) is 8.23. The first-order chi connectivity index (χ1) is 43.4. The minimum absolute atomic E-state index is 0.109. The Morgan fingerprint density at radius 2 is 0.758 bits per heavy atom. The molecule has 0 heterocycles. The van der Waals surface area contributed by atoms with Crippen LogP contribution in [-0.4, -0.2) is 99.2 Å². The van der Waals surface area contributed by atoms with Crippen LogP contribution in [0.15, 0.2) is 169 Å². The molecule has 0 aliphatic carbocycles.